The van der Waals surface area contributed by atoms with Gasteiger partial charge in [0.25, 0.3) is 0 Å². The molecule has 1 unspecified atom stereocenters. The molecule has 0 saturated heterocycles. The van der Waals surface area contributed by atoms with E-state index < -0.39 is 0 Å². The number of hydrogen-bond acceptors (Lipinski definition) is 2. The van der Waals surface area contributed by atoms with Gasteiger partial charge in [-0.15, -0.1) is 0 Å². The van der Waals surface area contributed by atoms with E-state index >= 15 is 0 Å². The Bertz CT molecular complexity index is 378. The highest BCUT2D eigenvalue weighted by atomic mass is 15.2. The van der Waals surface area contributed by atoms with Gasteiger partial charge in [0.2, 0.25) is 0 Å². The largest absolute Gasteiger partial charge is 0.314 e. The number of nitrogens with zero attached hydrogens (tertiary/aromatic N) is 2. The number of nitrogens with one attached hydrogen (secondary N) is 1. The fourth-order valence-electron chi connectivity index (χ4n) is 3.60. The summed E-state index contributed by atoms with van der Waals surface area (Å²) in [5.74, 6) is 0.954. The summed E-state index contributed by atoms with van der Waals surface area (Å²) in [4.78, 5) is 0. The van der Waals surface area contributed by atoms with Gasteiger partial charge in [-0.25, -0.2) is 0 Å². The van der Waals surface area contributed by atoms with Gasteiger partial charge in [0.1, 0.15) is 0 Å². The third-order valence-electron chi connectivity index (χ3n) is 4.82. The average molecular weight is 291 g/mol. The van der Waals surface area contributed by atoms with E-state index in [0.29, 0.717) is 6.04 Å². The van der Waals surface area contributed by atoms with E-state index in [4.69, 9.17) is 0 Å². The molecule has 3 nitrogen and oxygen atoms in total. The number of rotatable bonds is 8. The highest BCUT2D eigenvalue weighted by molar-refractivity contribution is 5.04. The maximum Gasteiger partial charge on any atom is 0.0521 e. The van der Waals surface area contributed by atoms with Crippen LogP contribution in [-0.2, 0) is 13.5 Å². The monoisotopic (exact) mass is 291 g/mol. The van der Waals surface area contributed by atoms with Crippen LogP contribution < -0.4 is 5.32 Å². The van der Waals surface area contributed by atoms with Crippen LogP contribution in [0.3, 0.4) is 0 Å². The number of aromatic nitrogens is 2. The van der Waals surface area contributed by atoms with Crippen molar-refractivity contribution in [2.75, 3.05) is 6.54 Å². The fraction of sp³-hybridized carbons (Fsp3) is 0.833. The molecule has 0 radical (unpaired) electrons. The van der Waals surface area contributed by atoms with Crippen LogP contribution in [0.1, 0.15) is 70.3 Å². The zero-order valence-electron chi connectivity index (χ0n) is 14.0. The molecule has 0 spiro atoms. The van der Waals surface area contributed by atoms with E-state index in [0.717, 1.165) is 18.9 Å². The first-order valence-corrected chi connectivity index (χ1v) is 8.99. The summed E-state index contributed by atoms with van der Waals surface area (Å²) in [5.41, 5.74) is 1.38. The van der Waals surface area contributed by atoms with Gasteiger partial charge in [-0.3, -0.25) is 4.68 Å². The summed E-state index contributed by atoms with van der Waals surface area (Å²) in [6.45, 7) is 3.42. The molecule has 1 fully saturated rings. The lowest BCUT2D eigenvalue weighted by molar-refractivity contribution is 0.339. The van der Waals surface area contributed by atoms with Crippen molar-refractivity contribution in [3.63, 3.8) is 0 Å². The summed E-state index contributed by atoms with van der Waals surface area (Å²) in [6.07, 6.45) is 17.9. The van der Waals surface area contributed by atoms with Crippen molar-refractivity contribution in [1.29, 1.82) is 0 Å². The van der Waals surface area contributed by atoms with Crippen LogP contribution in [-0.4, -0.2) is 22.4 Å². The van der Waals surface area contributed by atoms with Crippen LogP contribution in [0.15, 0.2) is 12.4 Å². The molecule has 21 heavy (non-hydrogen) atoms. The lowest BCUT2D eigenvalue weighted by Gasteiger charge is -2.23. The Hall–Kier alpha value is -0.830. The van der Waals surface area contributed by atoms with Crippen molar-refractivity contribution in [3.8, 4) is 0 Å². The predicted octanol–water partition coefficient (Wildman–Crippen LogP) is 4.08. The van der Waals surface area contributed by atoms with E-state index in [1.54, 1.807) is 0 Å². The van der Waals surface area contributed by atoms with E-state index in [1.807, 2.05) is 17.9 Å². The molecule has 1 aromatic rings. The Balaban J connectivity index is 1.80. The molecule has 2 rings (SSSR count). The minimum absolute atomic E-state index is 0.688. The van der Waals surface area contributed by atoms with Crippen LogP contribution in [0.5, 0.6) is 0 Å². The smallest absolute Gasteiger partial charge is 0.0521 e. The molecular formula is C18H33N3. The Morgan fingerprint density at radius 2 is 2.05 bits per heavy atom. The van der Waals surface area contributed by atoms with Crippen molar-refractivity contribution >= 4 is 0 Å². The van der Waals surface area contributed by atoms with E-state index in [1.165, 1.54) is 63.4 Å². The van der Waals surface area contributed by atoms with Crippen LogP contribution in [0.4, 0.5) is 0 Å². The second-order valence-corrected chi connectivity index (χ2v) is 6.81. The summed E-state index contributed by atoms with van der Waals surface area (Å²) < 4.78 is 1.91. The molecular weight excluding hydrogens is 258 g/mol. The highest BCUT2D eigenvalue weighted by Gasteiger charge is 2.18. The van der Waals surface area contributed by atoms with Crippen molar-refractivity contribution < 1.29 is 0 Å². The maximum absolute atomic E-state index is 4.28. The molecule has 1 heterocycles. The van der Waals surface area contributed by atoms with Crippen molar-refractivity contribution in [2.45, 2.75) is 77.2 Å². The molecule has 1 aliphatic carbocycles. The van der Waals surface area contributed by atoms with Gasteiger partial charge < -0.3 is 5.32 Å². The Morgan fingerprint density at radius 1 is 1.29 bits per heavy atom. The molecule has 0 bridgehead atoms. The first-order valence-electron chi connectivity index (χ1n) is 8.99. The third kappa shape index (κ3) is 6.21. The van der Waals surface area contributed by atoms with Crippen LogP contribution in [0.25, 0.3) is 0 Å². The summed E-state index contributed by atoms with van der Waals surface area (Å²) in [5, 5.41) is 8.07. The van der Waals surface area contributed by atoms with Crippen LogP contribution in [0, 0.1) is 5.92 Å². The topological polar surface area (TPSA) is 29.9 Å². The van der Waals surface area contributed by atoms with Gasteiger partial charge in [-0.2, -0.15) is 5.10 Å². The molecule has 0 aliphatic heterocycles. The normalized spacial score (nSPS) is 18.6. The Morgan fingerprint density at radius 3 is 2.67 bits per heavy atom. The minimum Gasteiger partial charge on any atom is -0.314 e. The lowest BCUT2D eigenvalue weighted by Crippen LogP contribution is -2.32. The van der Waals surface area contributed by atoms with Gasteiger partial charge in [0, 0.05) is 19.3 Å². The third-order valence-corrected chi connectivity index (χ3v) is 4.82. The minimum atomic E-state index is 0.688. The van der Waals surface area contributed by atoms with Gasteiger partial charge in [-0.05, 0) is 43.7 Å². The summed E-state index contributed by atoms with van der Waals surface area (Å²) >= 11 is 0. The van der Waals surface area contributed by atoms with Gasteiger partial charge in [0.15, 0.2) is 0 Å². The summed E-state index contributed by atoms with van der Waals surface area (Å²) in [7, 11) is 2.00. The molecule has 1 aromatic heterocycles. The van der Waals surface area contributed by atoms with E-state index in [9.17, 15) is 0 Å². The maximum atomic E-state index is 4.28. The van der Waals surface area contributed by atoms with E-state index in [2.05, 4.69) is 23.5 Å². The first-order chi connectivity index (χ1) is 10.3. The van der Waals surface area contributed by atoms with Crippen molar-refractivity contribution in [3.05, 3.63) is 18.0 Å². The fourth-order valence-corrected chi connectivity index (χ4v) is 3.60. The SMILES string of the molecule is CCCNC(CCc1cnn(C)c1)CC1CCCCCC1. The molecule has 0 amide bonds. The highest BCUT2D eigenvalue weighted by Crippen LogP contribution is 2.27. The zero-order chi connectivity index (χ0) is 14.9. The Labute approximate surface area is 130 Å². The quantitative estimate of drug-likeness (QED) is 0.731. The molecule has 1 N–H and O–H groups in total. The standard InChI is InChI=1S/C18H33N3/c1-3-12-19-18(11-10-17-14-20-21(2)15-17)13-16-8-6-4-5-7-9-16/h14-16,18-19H,3-13H2,1-2H3. The van der Waals surface area contributed by atoms with Crippen LogP contribution >= 0.6 is 0 Å². The second-order valence-electron chi connectivity index (χ2n) is 6.81. The molecule has 1 saturated carbocycles. The zero-order valence-corrected chi connectivity index (χ0v) is 14.0. The predicted molar refractivity (Wildman–Crippen MR) is 89.4 cm³/mol. The van der Waals surface area contributed by atoms with Crippen molar-refractivity contribution in [2.24, 2.45) is 13.0 Å². The molecule has 120 valence electrons. The molecule has 1 aliphatic rings. The average Bonchev–Trinajstić information content (AvgIpc) is 2.74. The van der Waals surface area contributed by atoms with Gasteiger partial charge in [0.05, 0.1) is 6.20 Å². The second kappa shape index (κ2) is 9.24. The molecule has 1 atom stereocenters. The molecule has 3 heteroatoms. The van der Waals surface area contributed by atoms with Gasteiger partial charge >= 0.3 is 0 Å². The Kier molecular flexibility index (Phi) is 7.28. The number of aryl methyl sites for hydroxylation is 2. The van der Waals surface area contributed by atoms with Gasteiger partial charge in [-0.1, -0.05) is 45.4 Å². The number of hydrogen-bond donors (Lipinski definition) is 1. The first kappa shape index (κ1) is 16.5. The van der Waals surface area contributed by atoms with Crippen molar-refractivity contribution in [1.82, 2.24) is 15.1 Å². The van der Waals surface area contributed by atoms with E-state index in [-0.39, 0.29) is 0 Å². The molecule has 0 aromatic carbocycles. The lowest BCUT2D eigenvalue weighted by atomic mass is 9.90. The van der Waals surface area contributed by atoms with Crippen LogP contribution in [0.2, 0.25) is 0 Å². The summed E-state index contributed by atoms with van der Waals surface area (Å²) in [6, 6.07) is 0.688.